The van der Waals surface area contributed by atoms with Crippen LogP contribution in [0.3, 0.4) is 0 Å². The summed E-state index contributed by atoms with van der Waals surface area (Å²) in [6.07, 6.45) is 1.72. The van der Waals surface area contributed by atoms with Gasteiger partial charge in [0.05, 0.1) is 39.6 Å². The van der Waals surface area contributed by atoms with Gasteiger partial charge >= 0.3 is 0 Å². The molecule has 0 bridgehead atoms. The van der Waals surface area contributed by atoms with Crippen LogP contribution in [0.2, 0.25) is 0 Å². The number of hydrogen-bond acceptors (Lipinski definition) is 3. The third-order valence-corrected chi connectivity index (χ3v) is 6.35. The van der Waals surface area contributed by atoms with Crippen LogP contribution in [0.25, 0.3) is 49.9 Å². The van der Waals surface area contributed by atoms with Crippen molar-refractivity contribution in [1.29, 1.82) is 10.5 Å². The Balaban J connectivity index is 1.68. The third kappa shape index (κ3) is 3.25. The van der Waals surface area contributed by atoms with Crippen LogP contribution in [0.4, 0.5) is 0 Å². The highest BCUT2D eigenvalue weighted by Crippen LogP contribution is 2.39. The third-order valence-electron chi connectivity index (χ3n) is 6.35. The molecule has 4 aromatic carbocycles. The van der Waals surface area contributed by atoms with Crippen molar-refractivity contribution in [1.82, 2.24) is 9.55 Å². The van der Waals surface area contributed by atoms with E-state index >= 15 is 0 Å². The number of hydrogen-bond donors (Lipinski definition) is 0. The van der Waals surface area contributed by atoms with E-state index in [1.807, 2.05) is 60.7 Å². The van der Waals surface area contributed by atoms with Crippen LogP contribution in [0, 0.1) is 22.7 Å². The largest absolute Gasteiger partial charge is 0.309 e. The van der Waals surface area contributed by atoms with E-state index in [9.17, 15) is 10.5 Å². The van der Waals surface area contributed by atoms with Crippen molar-refractivity contribution in [2.45, 2.75) is 0 Å². The van der Waals surface area contributed by atoms with Gasteiger partial charge in [-0.2, -0.15) is 10.5 Å². The number of nitrogens with zero attached hydrogens (tertiary/aromatic N) is 4. The van der Waals surface area contributed by atoms with Crippen LogP contribution in [0.1, 0.15) is 11.1 Å². The second-order valence-corrected chi connectivity index (χ2v) is 8.27. The number of benzene rings is 4. The minimum absolute atomic E-state index is 0.540. The van der Waals surface area contributed by atoms with Crippen molar-refractivity contribution in [2.75, 3.05) is 0 Å². The lowest BCUT2D eigenvalue weighted by Gasteiger charge is -2.17. The van der Waals surface area contributed by atoms with Gasteiger partial charge in [-0.3, -0.25) is 4.98 Å². The maximum atomic E-state index is 9.71. The number of nitriles is 2. The van der Waals surface area contributed by atoms with E-state index in [4.69, 9.17) is 0 Å². The van der Waals surface area contributed by atoms with E-state index in [1.54, 1.807) is 18.3 Å². The number of rotatable bonds is 3. The Hall–Kier alpha value is -5.19. The topological polar surface area (TPSA) is 65.4 Å². The van der Waals surface area contributed by atoms with Crippen molar-refractivity contribution in [3.8, 4) is 40.2 Å². The van der Waals surface area contributed by atoms with Gasteiger partial charge in [0.2, 0.25) is 0 Å². The van der Waals surface area contributed by atoms with Crippen molar-refractivity contribution in [2.24, 2.45) is 0 Å². The van der Waals surface area contributed by atoms with Crippen LogP contribution in [-0.4, -0.2) is 9.55 Å². The first-order chi connectivity index (χ1) is 17.3. The molecule has 2 heterocycles. The molecule has 6 aromatic rings. The van der Waals surface area contributed by atoms with Crippen LogP contribution in [0.5, 0.6) is 0 Å². The smallest absolute Gasteiger partial charge is 0.101 e. The second-order valence-electron chi connectivity index (χ2n) is 8.27. The second kappa shape index (κ2) is 8.30. The molecule has 6 rings (SSSR count). The van der Waals surface area contributed by atoms with Gasteiger partial charge in [0.1, 0.15) is 6.07 Å². The summed E-state index contributed by atoms with van der Waals surface area (Å²) in [4.78, 5) is 4.56. The lowest BCUT2D eigenvalue weighted by atomic mass is 9.94. The summed E-state index contributed by atoms with van der Waals surface area (Å²) in [5.74, 6) is 0. The lowest BCUT2D eigenvalue weighted by Crippen LogP contribution is -1.99. The van der Waals surface area contributed by atoms with Crippen LogP contribution < -0.4 is 0 Å². The molecule has 0 N–H and O–H groups in total. The minimum Gasteiger partial charge on any atom is -0.309 e. The summed E-state index contributed by atoms with van der Waals surface area (Å²) >= 11 is 0. The molecule has 0 saturated carbocycles. The van der Waals surface area contributed by atoms with Gasteiger partial charge in [-0.25, -0.2) is 0 Å². The maximum absolute atomic E-state index is 9.71. The van der Waals surface area contributed by atoms with Gasteiger partial charge in [-0.1, -0.05) is 60.7 Å². The summed E-state index contributed by atoms with van der Waals surface area (Å²) < 4.78 is 2.25. The zero-order chi connectivity index (χ0) is 23.8. The van der Waals surface area contributed by atoms with Gasteiger partial charge in [0.25, 0.3) is 0 Å². The number of aromatic nitrogens is 2. The maximum Gasteiger partial charge on any atom is 0.101 e. The highest BCUT2D eigenvalue weighted by atomic mass is 15.0. The zero-order valence-electron chi connectivity index (χ0n) is 18.7. The zero-order valence-corrected chi connectivity index (χ0v) is 18.7. The highest BCUT2D eigenvalue weighted by molar-refractivity contribution is 6.10. The van der Waals surface area contributed by atoms with E-state index in [0.29, 0.717) is 16.8 Å². The standard InChI is InChI=1S/C31H18N4/c32-19-21-15-16-30-27(18-21)25-11-4-6-14-29(25)35(30)28-13-5-3-10-24(28)23-9-1-2-12-26(23)31-22(20-33)8-7-17-34-31/h1-18H. The average Bonchev–Trinajstić information content (AvgIpc) is 3.26. The van der Waals surface area contributed by atoms with E-state index in [-0.39, 0.29) is 0 Å². The predicted octanol–water partition coefficient (Wildman–Crippen LogP) is 7.26. The molecular weight excluding hydrogens is 428 g/mol. The van der Waals surface area contributed by atoms with Crippen molar-refractivity contribution in [3.05, 3.63) is 120 Å². The fraction of sp³-hybridized carbons (Fsp3) is 0. The van der Waals surface area contributed by atoms with Gasteiger partial charge in [0.15, 0.2) is 0 Å². The van der Waals surface area contributed by atoms with E-state index < -0.39 is 0 Å². The first-order valence-corrected chi connectivity index (χ1v) is 11.3. The fourth-order valence-electron chi connectivity index (χ4n) is 4.83. The molecule has 0 radical (unpaired) electrons. The molecule has 162 valence electrons. The van der Waals surface area contributed by atoms with Gasteiger partial charge < -0.3 is 4.57 Å². The molecule has 0 aliphatic heterocycles. The minimum atomic E-state index is 0.540. The Morgan fingerprint density at radius 3 is 2.14 bits per heavy atom. The Labute approximate surface area is 202 Å². The normalized spacial score (nSPS) is 10.8. The summed E-state index contributed by atoms with van der Waals surface area (Å²) in [6, 6.07) is 38.6. The summed E-state index contributed by atoms with van der Waals surface area (Å²) in [7, 11) is 0. The number of fused-ring (bicyclic) bond motifs is 3. The summed E-state index contributed by atoms with van der Waals surface area (Å²) in [5, 5.41) is 21.3. The predicted molar refractivity (Wildman–Crippen MR) is 139 cm³/mol. The molecule has 4 nitrogen and oxygen atoms in total. The monoisotopic (exact) mass is 446 g/mol. The highest BCUT2D eigenvalue weighted by Gasteiger charge is 2.18. The van der Waals surface area contributed by atoms with Crippen LogP contribution in [-0.2, 0) is 0 Å². The van der Waals surface area contributed by atoms with Crippen molar-refractivity contribution in [3.63, 3.8) is 0 Å². The molecular formula is C31H18N4. The Bertz CT molecular complexity index is 1830. The molecule has 0 saturated heterocycles. The first kappa shape index (κ1) is 20.4. The number of para-hydroxylation sites is 2. The quantitative estimate of drug-likeness (QED) is 0.287. The van der Waals surface area contributed by atoms with E-state index in [0.717, 1.165) is 44.2 Å². The molecule has 0 unspecified atom stereocenters. The summed E-state index contributed by atoms with van der Waals surface area (Å²) in [6.45, 7) is 0. The van der Waals surface area contributed by atoms with Gasteiger partial charge in [0, 0.05) is 28.1 Å². The SMILES string of the molecule is N#Cc1ccc2c(c1)c1ccccc1n2-c1ccccc1-c1ccccc1-c1ncccc1C#N. The Kier molecular flexibility index (Phi) is 4.84. The van der Waals surface area contributed by atoms with Gasteiger partial charge in [-0.05, 0) is 48.0 Å². The molecule has 0 aliphatic rings. The average molecular weight is 447 g/mol. The summed E-state index contributed by atoms with van der Waals surface area (Å²) in [5.41, 5.74) is 7.90. The van der Waals surface area contributed by atoms with E-state index in [1.165, 1.54) is 0 Å². The molecule has 0 spiro atoms. The molecule has 0 aliphatic carbocycles. The van der Waals surface area contributed by atoms with Crippen LogP contribution >= 0.6 is 0 Å². The van der Waals surface area contributed by atoms with Crippen molar-refractivity contribution < 1.29 is 0 Å². The van der Waals surface area contributed by atoms with E-state index in [2.05, 4.69) is 52.0 Å². The molecule has 2 aromatic heterocycles. The molecule has 0 atom stereocenters. The van der Waals surface area contributed by atoms with Gasteiger partial charge in [-0.15, -0.1) is 0 Å². The first-order valence-electron chi connectivity index (χ1n) is 11.3. The molecule has 0 fully saturated rings. The fourth-order valence-corrected chi connectivity index (χ4v) is 4.83. The number of pyridine rings is 1. The Morgan fingerprint density at radius 1 is 0.600 bits per heavy atom. The molecule has 0 amide bonds. The Morgan fingerprint density at radius 2 is 1.31 bits per heavy atom. The molecule has 4 heteroatoms. The molecule has 35 heavy (non-hydrogen) atoms. The van der Waals surface area contributed by atoms with Crippen LogP contribution in [0.15, 0.2) is 109 Å². The lowest BCUT2D eigenvalue weighted by molar-refractivity contribution is 1.18. The van der Waals surface area contributed by atoms with Crippen molar-refractivity contribution >= 4 is 21.8 Å².